The number of benzene rings is 1. The summed E-state index contributed by atoms with van der Waals surface area (Å²) in [5.41, 5.74) is 2.41. The average Bonchev–Trinajstić information content (AvgIpc) is 2.49. The molecule has 0 aliphatic heterocycles. The van der Waals surface area contributed by atoms with Gasteiger partial charge in [-0.1, -0.05) is 25.3 Å². The van der Waals surface area contributed by atoms with Crippen LogP contribution >= 0.6 is 0 Å². The molecule has 3 rings (SSSR count). The summed E-state index contributed by atoms with van der Waals surface area (Å²) in [6.45, 7) is 2.75. The van der Waals surface area contributed by atoms with E-state index in [0.29, 0.717) is 11.6 Å². The van der Waals surface area contributed by atoms with Crippen LogP contribution in [0, 0.1) is 6.92 Å². The lowest BCUT2D eigenvalue weighted by molar-refractivity contribution is 0.372. The first-order valence-corrected chi connectivity index (χ1v) is 7.63. The maximum Gasteiger partial charge on any atom is 0.314 e. The molecule has 1 aromatic carbocycles. The molecule has 21 heavy (non-hydrogen) atoms. The molecule has 0 radical (unpaired) electrons. The van der Waals surface area contributed by atoms with Crippen LogP contribution in [0.2, 0.25) is 0 Å². The van der Waals surface area contributed by atoms with E-state index in [1.165, 1.54) is 32.1 Å². The first kappa shape index (κ1) is 14.1. The molecule has 1 aliphatic rings. The molecule has 1 saturated carbocycles. The van der Waals surface area contributed by atoms with E-state index in [4.69, 9.17) is 0 Å². The number of aromatic amines is 2. The topological polar surface area (TPSA) is 77.8 Å². The van der Waals surface area contributed by atoms with Crippen LogP contribution in [-0.2, 0) is 6.54 Å². The molecular formula is C16H21N3O2. The van der Waals surface area contributed by atoms with Crippen molar-refractivity contribution < 1.29 is 0 Å². The lowest BCUT2D eigenvalue weighted by atomic mass is 9.95. The Morgan fingerprint density at radius 1 is 1.10 bits per heavy atom. The van der Waals surface area contributed by atoms with Crippen LogP contribution in [0.3, 0.4) is 0 Å². The van der Waals surface area contributed by atoms with Gasteiger partial charge in [-0.05, 0) is 37.0 Å². The third-order valence-corrected chi connectivity index (χ3v) is 4.41. The van der Waals surface area contributed by atoms with E-state index in [2.05, 4.69) is 15.3 Å². The maximum absolute atomic E-state index is 11.6. The highest BCUT2D eigenvalue weighted by molar-refractivity contribution is 5.78. The number of rotatable bonds is 3. The van der Waals surface area contributed by atoms with Gasteiger partial charge in [0.1, 0.15) is 0 Å². The molecular weight excluding hydrogens is 266 g/mol. The molecule has 0 atom stereocenters. The Labute approximate surface area is 122 Å². The number of H-pyrrole nitrogens is 2. The number of hydrogen-bond donors (Lipinski definition) is 3. The Morgan fingerprint density at radius 2 is 1.81 bits per heavy atom. The molecule has 0 spiro atoms. The lowest BCUT2D eigenvalue weighted by Gasteiger charge is -2.23. The minimum Gasteiger partial charge on any atom is -0.316 e. The highest BCUT2D eigenvalue weighted by atomic mass is 16.2. The third-order valence-electron chi connectivity index (χ3n) is 4.41. The van der Waals surface area contributed by atoms with Crippen molar-refractivity contribution in [3.63, 3.8) is 0 Å². The molecule has 5 nitrogen and oxygen atoms in total. The second kappa shape index (κ2) is 5.85. The fourth-order valence-corrected chi connectivity index (χ4v) is 3.13. The highest BCUT2D eigenvalue weighted by Gasteiger charge is 2.14. The van der Waals surface area contributed by atoms with Crippen LogP contribution in [0.25, 0.3) is 11.0 Å². The third kappa shape index (κ3) is 2.93. The zero-order valence-corrected chi connectivity index (χ0v) is 12.3. The normalized spacial score (nSPS) is 16.4. The predicted octanol–water partition coefficient (Wildman–Crippen LogP) is 1.95. The van der Waals surface area contributed by atoms with Crippen molar-refractivity contribution in [3.05, 3.63) is 44.0 Å². The van der Waals surface area contributed by atoms with Gasteiger partial charge < -0.3 is 15.3 Å². The van der Waals surface area contributed by atoms with E-state index in [1.807, 2.05) is 19.1 Å². The average molecular weight is 287 g/mol. The quantitative estimate of drug-likeness (QED) is 0.755. The van der Waals surface area contributed by atoms with Crippen molar-refractivity contribution in [1.29, 1.82) is 0 Å². The first-order chi connectivity index (χ1) is 10.1. The number of hydrogen-bond acceptors (Lipinski definition) is 3. The molecule has 0 unspecified atom stereocenters. The molecule has 1 aromatic heterocycles. The van der Waals surface area contributed by atoms with Gasteiger partial charge in [-0.25, -0.2) is 0 Å². The van der Waals surface area contributed by atoms with Crippen molar-refractivity contribution in [3.8, 4) is 0 Å². The number of fused-ring (bicyclic) bond motifs is 1. The summed E-state index contributed by atoms with van der Waals surface area (Å²) in [6.07, 6.45) is 6.35. The summed E-state index contributed by atoms with van der Waals surface area (Å²) in [6, 6.07) is 4.38. The smallest absolute Gasteiger partial charge is 0.314 e. The highest BCUT2D eigenvalue weighted by Crippen LogP contribution is 2.20. The Hall–Kier alpha value is -1.88. The summed E-state index contributed by atoms with van der Waals surface area (Å²) in [4.78, 5) is 28.4. The van der Waals surface area contributed by atoms with Gasteiger partial charge in [-0.15, -0.1) is 0 Å². The minimum atomic E-state index is -0.599. The van der Waals surface area contributed by atoms with Crippen LogP contribution < -0.4 is 16.4 Å². The molecule has 3 N–H and O–H groups in total. The zero-order chi connectivity index (χ0) is 14.8. The van der Waals surface area contributed by atoms with E-state index in [1.54, 1.807) is 0 Å². The van der Waals surface area contributed by atoms with Gasteiger partial charge in [0.25, 0.3) is 0 Å². The lowest BCUT2D eigenvalue weighted by Crippen LogP contribution is -2.32. The van der Waals surface area contributed by atoms with Crippen molar-refractivity contribution in [2.75, 3.05) is 0 Å². The van der Waals surface area contributed by atoms with Gasteiger partial charge in [0.05, 0.1) is 11.0 Å². The van der Waals surface area contributed by atoms with Crippen molar-refractivity contribution >= 4 is 11.0 Å². The number of nitrogens with one attached hydrogen (secondary N) is 3. The largest absolute Gasteiger partial charge is 0.316 e. The van der Waals surface area contributed by atoms with E-state index in [-0.39, 0.29) is 0 Å². The molecule has 0 amide bonds. The van der Waals surface area contributed by atoms with Crippen LogP contribution in [0.1, 0.15) is 43.2 Å². The monoisotopic (exact) mass is 287 g/mol. The predicted molar refractivity (Wildman–Crippen MR) is 83.6 cm³/mol. The van der Waals surface area contributed by atoms with E-state index in [0.717, 1.165) is 23.2 Å². The van der Waals surface area contributed by atoms with Gasteiger partial charge in [-0.2, -0.15) is 0 Å². The molecule has 2 aromatic rings. The van der Waals surface area contributed by atoms with E-state index >= 15 is 0 Å². The van der Waals surface area contributed by atoms with Crippen LogP contribution in [0.4, 0.5) is 0 Å². The second-order valence-corrected chi connectivity index (χ2v) is 5.91. The number of aryl methyl sites for hydroxylation is 1. The summed E-state index contributed by atoms with van der Waals surface area (Å²) < 4.78 is 0. The van der Waals surface area contributed by atoms with Crippen molar-refractivity contribution in [2.45, 2.75) is 51.6 Å². The fourth-order valence-electron chi connectivity index (χ4n) is 3.13. The Kier molecular flexibility index (Phi) is 3.92. The van der Waals surface area contributed by atoms with Crippen molar-refractivity contribution in [1.82, 2.24) is 15.3 Å². The Balaban J connectivity index is 1.92. The summed E-state index contributed by atoms with van der Waals surface area (Å²) >= 11 is 0. The van der Waals surface area contributed by atoms with Crippen molar-refractivity contribution in [2.24, 2.45) is 0 Å². The van der Waals surface area contributed by atoms with Gasteiger partial charge in [0.15, 0.2) is 0 Å². The summed E-state index contributed by atoms with van der Waals surface area (Å²) in [7, 11) is 0. The Morgan fingerprint density at radius 3 is 2.57 bits per heavy atom. The Bertz CT molecular complexity index is 754. The molecule has 1 aliphatic carbocycles. The number of aromatic nitrogens is 2. The second-order valence-electron chi connectivity index (χ2n) is 5.91. The van der Waals surface area contributed by atoms with Gasteiger partial charge in [0.2, 0.25) is 0 Å². The van der Waals surface area contributed by atoms with Gasteiger partial charge >= 0.3 is 11.1 Å². The molecule has 0 saturated heterocycles. The van der Waals surface area contributed by atoms with Crippen LogP contribution in [0.15, 0.2) is 21.7 Å². The standard InChI is InChI=1S/C16H21N3O2/c1-10-7-8-13-14(19-16(21)15(20)18-13)12(10)9-17-11-5-3-2-4-6-11/h7-8,11,17H,2-6,9H2,1H3,(H,18,20)(H,19,21). The molecule has 0 bridgehead atoms. The van der Waals surface area contributed by atoms with Crippen LogP contribution in [0.5, 0.6) is 0 Å². The van der Waals surface area contributed by atoms with E-state index < -0.39 is 11.1 Å². The minimum absolute atomic E-state index is 0.558. The fraction of sp³-hybridized carbons (Fsp3) is 0.500. The van der Waals surface area contributed by atoms with Crippen LogP contribution in [-0.4, -0.2) is 16.0 Å². The van der Waals surface area contributed by atoms with Gasteiger partial charge in [-0.3, -0.25) is 9.59 Å². The van der Waals surface area contributed by atoms with E-state index in [9.17, 15) is 9.59 Å². The molecule has 112 valence electrons. The molecule has 1 heterocycles. The molecule has 5 heteroatoms. The first-order valence-electron chi connectivity index (χ1n) is 7.63. The summed E-state index contributed by atoms with van der Waals surface area (Å²) in [5, 5.41) is 3.59. The zero-order valence-electron chi connectivity index (χ0n) is 12.3. The SMILES string of the molecule is Cc1ccc2[nH]c(=O)c(=O)[nH]c2c1CNC1CCCCC1. The van der Waals surface area contributed by atoms with Gasteiger partial charge in [0, 0.05) is 12.6 Å². The maximum atomic E-state index is 11.6. The summed E-state index contributed by atoms with van der Waals surface area (Å²) in [5.74, 6) is 0. The molecule has 1 fully saturated rings.